The lowest BCUT2D eigenvalue weighted by Crippen LogP contribution is -2.45. The van der Waals surface area contributed by atoms with Gasteiger partial charge in [0.2, 0.25) is 11.2 Å². The predicted molar refractivity (Wildman–Crippen MR) is 110 cm³/mol. The number of nitrogens with zero attached hydrogens (tertiary/aromatic N) is 1. The Bertz CT molecular complexity index is 1360. The minimum atomic E-state index is -3.92. The Hall–Kier alpha value is -3.39. The minimum absolute atomic E-state index is 0.125. The van der Waals surface area contributed by atoms with E-state index in [0.717, 1.165) is 40.6 Å². The molecule has 0 aliphatic carbocycles. The molecular formula is C22H17NO6S. The SMILES string of the molecule is CS(=O)(=O)Oc1c(C[C@@]23COc4ccccc4C2=Nc2ccccc23)occc1=O. The Kier molecular flexibility index (Phi) is 4.08. The molecular weight excluding hydrogens is 406 g/mol. The largest absolute Gasteiger partial charge is 0.492 e. The molecule has 0 saturated carbocycles. The molecule has 2 aliphatic rings. The lowest BCUT2D eigenvalue weighted by Gasteiger charge is -2.36. The van der Waals surface area contributed by atoms with E-state index in [1.54, 1.807) is 0 Å². The number of para-hydroxylation sites is 2. The number of hydrogen-bond acceptors (Lipinski definition) is 7. The topological polar surface area (TPSA) is 95.2 Å². The Morgan fingerprint density at radius 3 is 2.70 bits per heavy atom. The van der Waals surface area contributed by atoms with Gasteiger partial charge in [0, 0.05) is 18.1 Å². The smallest absolute Gasteiger partial charge is 0.306 e. The van der Waals surface area contributed by atoms with E-state index in [0.29, 0.717) is 0 Å². The average molecular weight is 423 g/mol. The maximum atomic E-state index is 12.4. The van der Waals surface area contributed by atoms with Crippen LogP contribution in [0.4, 0.5) is 5.69 Å². The number of aliphatic imine (C=N–C) groups is 1. The highest BCUT2D eigenvalue weighted by molar-refractivity contribution is 7.86. The fraction of sp³-hybridized carbons (Fsp3) is 0.182. The second-order valence-electron chi connectivity index (χ2n) is 7.35. The van der Waals surface area contributed by atoms with Crippen molar-refractivity contribution < 1.29 is 21.8 Å². The average Bonchev–Trinajstić information content (AvgIpc) is 3.05. The Morgan fingerprint density at radius 1 is 1.10 bits per heavy atom. The molecule has 30 heavy (non-hydrogen) atoms. The monoisotopic (exact) mass is 423 g/mol. The van der Waals surface area contributed by atoms with Gasteiger partial charge in [-0.3, -0.25) is 9.79 Å². The van der Waals surface area contributed by atoms with Gasteiger partial charge >= 0.3 is 10.1 Å². The summed E-state index contributed by atoms with van der Waals surface area (Å²) in [6.07, 6.45) is 2.27. The third-order valence-corrected chi connectivity index (χ3v) is 5.79. The number of ether oxygens (including phenoxy) is 1. The molecule has 1 aromatic heterocycles. The van der Waals surface area contributed by atoms with Crippen LogP contribution in [0.2, 0.25) is 0 Å². The van der Waals surface area contributed by atoms with Crippen LogP contribution in [0, 0.1) is 0 Å². The second kappa shape index (κ2) is 6.56. The first kappa shape index (κ1) is 18.6. The molecule has 0 spiro atoms. The fourth-order valence-electron chi connectivity index (χ4n) is 4.09. The van der Waals surface area contributed by atoms with Crippen LogP contribution in [0.15, 0.2) is 75.1 Å². The highest BCUT2D eigenvalue weighted by Crippen LogP contribution is 2.49. The van der Waals surface area contributed by atoms with Crippen molar-refractivity contribution in [1.82, 2.24) is 0 Å². The van der Waals surface area contributed by atoms with Crippen LogP contribution >= 0.6 is 0 Å². The molecule has 0 amide bonds. The van der Waals surface area contributed by atoms with Gasteiger partial charge in [-0.1, -0.05) is 30.3 Å². The molecule has 0 bridgehead atoms. The molecule has 0 saturated heterocycles. The van der Waals surface area contributed by atoms with Crippen molar-refractivity contribution in [3.63, 3.8) is 0 Å². The maximum absolute atomic E-state index is 12.4. The van der Waals surface area contributed by atoms with E-state index in [9.17, 15) is 13.2 Å². The molecule has 8 heteroatoms. The van der Waals surface area contributed by atoms with Gasteiger partial charge in [-0.05, 0) is 23.8 Å². The third-order valence-electron chi connectivity index (χ3n) is 5.33. The summed E-state index contributed by atoms with van der Waals surface area (Å²) < 4.78 is 40.1. The summed E-state index contributed by atoms with van der Waals surface area (Å²) >= 11 is 0. The summed E-state index contributed by atoms with van der Waals surface area (Å²) in [7, 11) is -3.92. The predicted octanol–water partition coefficient (Wildman–Crippen LogP) is 2.99. The van der Waals surface area contributed by atoms with Gasteiger partial charge in [0.15, 0.2) is 5.76 Å². The molecule has 1 atom stereocenters. The van der Waals surface area contributed by atoms with E-state index >= 15 is 0 Å². The fourth-order valence-corrected chi connectivity index (χ4v) is 4.57. The summed E-state index contributed by atoms with van der Waals surface area (Å²) in [5.41, 5.74) is 2.05. The summed E-state index contributed by atoms with van der Waals surface area (Å²) in [6.45, 7) is 0.261. The van der Waals surface area contributed by atoms with E-state index in [-0.39, 0.29) is 24.5 Å². The van der Waals surface area contributed by atoms with Crippen molar-refractivity contribution in [1.29, 1.82) is 0 Å². The number of hydrogen-bond donors (Lipinski definition) is 0. The number of rotatable bonds is 4. The van der Waals surface area contributed by atoms with Crippen molar-refractivity contribution in [3.8, 4) is 11.5 Å². The van der Waals surface area contributed by atoms with Crippen molar-refractivity contribution in [2.75, 3.05) is 12.9 Å². The molecule has 3 aromatic rings. The molecule has 0 fully saturated rings. The van der Waals surface area contributed by atoms with Gasteiger partial charge in [-0.25, -0.2) is 0 Å². The van der Waals surface area contributed by atoms with Gasteiger partial charge in [0.1, 0.15) is 12.4 Å². The molecule has 7 nitrogen and oxygen atoms in total. The molecule has 5 rings (SSSR count). The van der Waals surface area contributed by atoms with Crippen LogP contribution in [0.25, 0.3) is 0 Å². The van der Waals surface area contributed by atoms with Crippen molar-refractivity contribution >= 4 is 21.5 Å². The Balaban J connectivity index is 1.70. The molecule has 2 aliphatic heterocycles. The van der Waals surface area contributed by atoms with Crippen LogP contribution in [0.3, 0.4) is 0 Å². The van der Waals surface area contributed by atoms with E-state index in [4.69, 9.17) is 18.3 Å². The molecule has 2 aromatic carbocycles. The van der Waals surface area contributed by atoms with E-state index < -0.39 is 21.0 Å². The maximum Gasteiger partial charge on any atom is 0.306 e. The summed E-state index contributed by atoms with van der Waals surface area (Å²) in [6, 6.07) is 16.4. The van der Waals surface area contributed by atoms with Crippen LogP contribution in [0.1, 0.15) is 16.9 Å². The molecule has 152 valence electrons. The zero-order chi connectivity index (χ0) is 20.9. The van der Waals surface area contributed by atoms with Gasteiger partial charge in [0.05, 0.1) is 29.3 Å². The van der Waals surface area contributed by atoms with Gasteiger partial charge in [-0.2, -0.15) is 8.42 Å². The lowest BCUT2D eigenvalue weighted by molar-refractivity contribution is 0.240. The van der Waals surface area contributed by atoms with E-state index in [1.807, 2.05) is 48.5 Å². The van der Waals surface area contributed by atoms with Gasteiger partial charge in [-0.15, -0.1) is 0 Å². The van der Waals surface area contributed by atoms with Crippen LogP contribution in [-0.2, 0) is 22.0 Å². The van der Waals surface area contributed by atoms with Crippen LogP contribution in [0.5, 0.6) is 11.5 Å². The van der Waals surface area contributed by atoms with Crippen LogP contribution in [-0.4, -0.2) is 27.0 Å². The third kappa shape index (κ3) is 2.91. The number of fused-ring (bicyclic) bond motifs is 5. The minimum Gasteiger partial charge on any atom is -0.492 e. The summed E-state index contributed by atoms with van der Waals surface area (Å²) in [5.74, 6) is 0.513. The quantitative estimate of drug-likeness (QED) is 0.599. The van der Waals surface area contributed by atoms with E-state index in [1.165, 1.54) is 6.26 Å². The first-order valence-corrected chi connectivity index (χ1v) is 11.1. The molecule has 0 unspecified atom stereocenters. The normalized spacial score (nSPS) is 19.2. The zero-order valence-corrected chi connectivity index (χ0v) is 16.8. The summed E-state index contributed by atoms with van der Waals surface area (Å²) in [4.78, 5) is 17.3. The van der Waals surface area contributed by atoms with Gasteiger partial charge in [0.25, 0.3) is 0 Å². The van der Waals surface area contributed by atoms with Crippen molar-refractivity contribution in [3.05, 3.63) is 88.0 Å². The standard InChI is InChI=1S/C22H17NO6S/c1-30(25,26)29-20-17(24)10-11-27-19(20)12-22-13-28-18-9-5-2-6-14(18)21(22)23-16-8-4-3-7-15(16)22/h2-11H,12-13H2,1H3/t22-/m0/s1. The van der Waals surface area contributed by atoms with Crippen molar-refractivity contribution in [2.45, 2.75) is 11.8 Å². The lowest BCUT2D eigenvalue weighted by atomic mass is 9.71. The molecule has 0 N–H and O–H groups in total. The first-order chi connectivity index (χ1) is 14.4. The Morgan fingerprint density at radius 2 is 1.87 bits per heavy atom. The second-order valence-corrected chi connectivity index (χ2v) is 8.92. The molecule has 3 heterocycles. The Labute approximate surface area is 172 Å². The highest BCUT2D eigenvalue weighted by atomic mass is 32.2. The summed E-state index contributed by atoms with van der Waals surface area (Å²) in [5, 5.41) is 0. The zero-order valence-electron chi connectivity index (χ0n) is 16.0. The highest BCUT2D eigenvalue weighted by Gasteiger charge is 2.49. The van der Waals surface area contributed by atoms with Crippen molar-refractivity contribution in [2.24, 2.45) is 4.99 Å². The van der Waals surface area contributed by atoms with E-state index in [2.05, 4.69) is 0 Å². The van der Waals surface area contributed by atoms with Crippen LogP contribution < -0.4 is 14.3 Å². The van der Waals surface area contributed by atoms with Gasteiger partial charge < -0.3 is 13.3 Å². The number of benzene rings is 2. The molecule has 0 radical (unpaired) electrons. The first-order valence-electron chi connectivity index (χ1n) is 9.28.